The second kappa shape index (κ2) is 9.95. The molecule has 162 valence electrons. The number of carbonyl (C=O) groups excluding carboxylic acids is 2. The van der Waals surface area contributed by atoms with Gasteiger partial charge in [0.15, 0.2) is 5.75 Å². The van der Waals surface area contributed by atoms with Crippen molar-refractivity contribution in [2.24, 2.45) is 0 Å². The first-order valence-corrected chi connectivity index (χ1v) is 9.89. The van der Waals surface area contributed by atoms with Gasteiger partial charge in [0.2, 0.25) is 5.91 Å². The molecule has 1 N–H and O–H groups in total. The Bertz CT molecular complexity index is 1050. The quantitative estimate of drug-likeness (QED) is 0.533. The lowest BCUT2D eigenvalue weighted by Crippen LogP contribution is -2.39. The Kier molecular flexibility index (Phi) is 7.10. The van der Waals surface area contributed by atoms with Gasteiger partial charge in [-0.05, 0) is 51.2 Å². The maximum atomic E-state index is 12.9. The molecule has 0 radical (unpaired) electrons. The van der Waals surface area contributed by atoms with Crippen LogP contribution in [-0.4, -0.2) is 37.0 Å². The van der Waals surface area contributed by atoms with E-state index in [4.69, 9.17) is 13.9 Å². The zero-order chi connectivity index (χ0) is 22.4. The summed E-state index contributed by atoms with van der Waals surface area (Å²) in [4.78, 5) is 26.5. The van der Waals surface area contributed by atoms with Gasteiger partial charge in [-0.15, -0.1) is 0 Å². The molecule has 1 aromatic heterocycles. The lowest BCUT2D eigenvalue weighted by atomic mass is 10.2. The number of rotatable bonds is 8. The summed E-state index contributed by atoms with van der Waals surface area (Å²) in [6.07, 6.45) is 0. The summed E-state index contributed by atoms with van der Waals surface area (Å²) in [6, 6.07) is 17.8. The van der Waals surface area contributed by atoms with Crippen molar-refractivity contribution >= 4 is 17.6 Å². The second-order valence-electron chi connectivity index (χ2n) is 7.17. The molecule has 7 heteroatoms. The number of furan rings is 1. The average Bonchev–Trinajstić information content (AvgIpc) is 3.14. The van der Waals surface area contributed by atoms with Crippen LogP contribution in [0.15, 0.2) is 65.1 Å². The van der Waals surface area contributed by atoms with Gasteiger partial charge in [0, 0.05) is 0 Å². The smallest absolute Gasteiger partial charge is 0.341 e. The normalized spacial score (nSPS) is 11.8. The zero-order valence-corrected chi connectivity index (χ0v) is 18.0. The van der Waals surface area contributed by atoms with Crippen LogP contribution in [0.5, 0.6) is 11.5 Å². The van der Waals surface area contributed by atoms with E-state index in [9.17, 15) is 9.59 Å². The maximum absolute atomic E-state index is 12.9. The highest BCUT2D eigenvalue weighted by atomic mass is 16.5. The molecule has 1 heterocycles. The Hall–Kier alpha value is -3.58. The highest BCUT2D eigenvalue weighted by Gasteiger charge is 2.22. The van der Waals surface area contributed by atoms with Crippen molar-refractivity contribution in [3.8, 4) is 11.5 Å². The Balaban J connectivity index is 1.66. The molecule has 0 fully saturated rings. The number of hydrogen-bond acceptors (Lipinski definition) is 6. The van der Waals surface area contributed by atoms with Crippen LogP contribution in [0.2, 0.25) is 0 Å². The maximum Gasteiger partial charge on any atom is 0.341 e. The first-order chi connectivity index (χ1) is 14.9. The van der Waals surface area contributed by atoms with Crippen molar-refractivity contribution in [1.29, 1.82) is 0 Å². The van der Waals surface area contributed by atoms with Crippen molar-refractivity contribution in [1.82, 2.24) is 4.90 Å². The summed E-state index contributed by atoms with van der Waals surface area (Å²) >= 11 is 0. The van der Waals surface area contributed by atoms with E-state index in [1.54, 1.807) is 32.0 Å². The molecule has 3 aromatic rings. The van der Waals surface area contributed by atoms with Crippen LogP contribution in [0.25, 0.3) is 0 Å². The molecule has 1 amide bonds. The Morgan fingerprint density at radius 1 is 1.10 bits per heavy atom. The number of likely N-dealkylation sites (N-methyl/N-ethyl adjacent to an activating group) is 1. The topological polar surface area (TPSA) is 81.0 Å². The fraction of sp³-hybridized carbons (Fsp3) is 0.250. The van der Waals surface area contributed by atoms with E-state index in [0.717, 1.165) is 0 Å². The number of para-hydroxylation sites is 3. The number of anilines is 1. The fourth-order valence-corrected chi connectivity index (χ4v) is 3.03. The number of ether oxygens (including phenoxy) is 2. The SMILES string of the molecule is COC(=O)c1cc(CN(C)C(C)C(=O)Nc2ccccc2Oc2ccccc2)oc1C. The average molecular weight is 422 g/mol. The predicted molar refractivity (Wildman–Crippen MR) is 117 cm³/mol. The molecule has 0 saturated heterocycles. The van der Waals surface area contributed by atoms with E-state index >= 15 is 0 Å². The van der Waals surface area contributed by atoms with Crippen molar-refractivity contribution < 1.29 is 23.5 Å². The van der Waals surface area contributed by atoms with E-state index < -0.39 is 12.0 Å². The molecule has 0 aliphatic heterocycles. The lowest BCUT2D eigenvalue weighted by Gasteiger charge is -2.23. The molecule has 0 aliphatic rings. The molecule has 1 unspecified atom stereocenters. The summed E-state index contributed by atoms with van der Waals surface area (Å²) in [5.41, 5.74) is 0.966. The standard InChI is InChI=1S/C24H26N2O5/c1-16(26(3)15-19-14-20(17(2)30-19)24(28)29-4)23(27)25-21-12-8-9-13-22(21)31-18-10-6-5-7-11-18/h5-14,16H,15H2,1-4H3,(H,25,27). The van der Waals surface area contributed by atoms with E-state index in [2.05, 4.69) is 5.32 Å². The third kappa shape index (κ3) is 5.52. The van der Waals surface area contributed by atoms with E-state index in [1.807, 2.05) is 54.4 Å². The van der Waals surface area contributed by atoms with Crippen LogP contribution >= 0.6 is 0 Å². The second-order valence-corrected chi connectivity index (χ2v) is 7.17. The highest BCUT2D eigenvalue weighted by Crippen LogP contribution is 2.29. The van der Waals surface area contributed by atoms with E-state index in [1.165, 1.54) is 7.11 Å². The minimum Gasteiger partial charge on any atom is -0.465 e. The molecule has 0 spiro atoms. The summed E-state index contributed by atoms with van der Waals surface area (Å²) in [6.45, 7) is 3.86. The molecule has 1 atom stereocenters. The van der Waals surface area contributed by atoms with Gasteiger partial charge in [0.25, 0.3) is 0 Å². The van der Waals surface area contributed by atoms with Gasteiger partial charge in [0.1, 0.15) is 22.8 Å². The van der Waals surface area contributed by atoms with Gasteiger partial charge in [0.05, 0.1) is 25.4 Å². The van der Waals surface area contributed by atoms with Gasteiger partial charge in [-0.2, -0.15) is 0 Å². The summed E-state index contributed by atoms with van der Waals surface area (Å²) in [5, 5.41) is 2.93. The monoisotopic (exact) mass is 422 g/mol. The summed E-state index contributed by atoms with van der Waals surface area (Å²) in [7, 11) is 3.14. The zero-order valence-electron chi connectivity index (χ0n) is 18.0. The summed E-state index contributed by atoms with van der Waals surface area (Å²) < 4.78 is 16.3. The number of hydrogen-bond donors (Lipinski definition) is 1. The van der Waals surface area contributed by atoms with E-state index in [0.29, 0.717) is 40.8 Å². The number of esters is 1. The van der Waals surface area contributed by atoms with Gasteiger partial charge in [-0.3, -0.25) is 9.69 Å². The molecule has 3 rings (SSSR count). The number of carbonyl (C=O) groups is 2. The van der Waals surface area contributed by atoms with Crippen molar-refractivity contribution in [2.75, 3.05) is 19.5 Å². The van der Waals surface area contributed by atoms with Crippen LogP contribution < -0.4 is 10.1 Å². The number of methoxy groups -OCH3 is 1. The van der Waals surface area contributed by atoms with Gasteiger partial charge in [-0.1, -0.05) is 30.3 Å². The molecule has 31 heavy (non-hydrogen) atoms. The minimum absolute atomic E-state index is 0.192. The van der Waals surface area contributed by atoms with Crippen LogP contribution in [0.4, 0.5) is 5.69 Å². The molecular formula is C24H26N2O5. The molecule has 7 nitrogen and oxygen atoms in total. The van der Waals surface area contributed by atoms with Crippen LogP contribution in [-0.2, 0) is 16.1 Å². The van der Waals surface area contributed by atoms with E-state index in [-0.39, 0.29) is 5.91 Å². The Morgan fingerprint density at radius 3 is 2.48 bits per heavy atom. The van der Waals surface area contributed by atoms with Gasteiger partial charge in [-0.25, -0.2) is 4.79 Å². The number of nitrogens with zero attached hydrogens (tertiary/aromatic N) is 1. The number of benzene rings is 2. The number of aryl methyl sites for hydroxylation is 1. The first kappa shape index (κ1) is 22.1. The summed E-state index contributed by atoms with van der Waals surface area (Å²) in [5.74, 6) is 1.66. The van der Waals surface area contributed by atoms with Crippen molar-refractivity contribution in [2.45, 2.75) is 26.4 Å². The highest BCUT2D eigenvalue weighted by molar-refractivity contribution is 5.95. The largest absolute Gasteiger partial charge is 0.465 e. The third-order valence-electron chi connectivity index (χ3n) is 4.94. The predicted octanol–water partition coefficient (Wildman–Crippen LogP) is 4.63. The molecule has 2 aromatic carbocycles. The number of nitrogens with one attached hydrogen (secondary N) is 1. The number of amides is 1. The Morgan fingerprint density at radius 2 is 1.77 bits per heavy atom. The third-order valence-corrected chi connectivity index (χ3v) is 4.94. The molecule has 0 aliphatic carbocycles. The minimum atomic E-state index is -0.461. The van der Waals surface area contributed by atoms with Gasteiger partial charge < -0.3 is 19.2 Å². The molecule has 0 bridgehead atoms. The Labute approximate surface area is 181 Å². The van der Waals surface area contributed by atoms with Crippen LogP contribution in [0.1, 0.15) is 28.8 Å². The van der Waals surface area contributed by atoms with Crippen molar-refractivity contribution in [3.05, 3.63) is 77.7 Å². The van der Waals surface area contributed by atoms with Crippen molar-refractivity contribution in [3.63, 3.8) is 0 Å². The lowest BCUT2D eigenvalue weighted by molar-refractivity contribution is -0.120. The van der Waals surface area contributed by atoms with Crippen LogP contribution in [0.3, 0.4) is 0 Å². The molecular weight excluding hydrogens is 396 g/mol. The van der Waals surface area contributed by atoms with Crippen LogP contribution in [0, 0.1) is 6.92 Å². The fourth-order valence-electron chi connectivity index (χ4n) is 3.03. The molecule has 0 saturated carbocycles. The first-order valence-electron chi connectivity index (χ1n) is 9.89. The van der Waals surface area contributed by atoms with Gasteiger partial charge >= 0.3 is 5.97 Å².